The molecule has 3 N–H and O–H groups in total. The van der Waals surface area contributed by atoms with Crippen LogP contribution in [0.2, 0.25) is 0 Å². The highest BCUT2D eigenvalue weighted by atomic mass is 15.3. The second kappa shape index (κ2) is 7.88. The highest BCUT2D eigenvalue weighted by molar-refractivity contribution is 5.86. The van der Waals surface area contributed by atoms with Gasteiger partial charge in [0.15, 0.2) is 5.96 Å². The average Bonchev–Trinajstić information content (AvgIpc) is 3.20. The van der Waals surface area contributed by atoms with Crippen LogP contribution in [0.3, 0.4) is 0 Å². The summed E-state index contributed by atoms with van der Waals surface area (Å²) in [6, 6.07) is 6.37. The van der Waals surface area contributed by atoms with Crippen molar-refractivity contribution >= 4 is 16.9 Å². The van der Waals surface area contributed by atoms with Gasteiger partial charge in [-0.25, -0.2) is 0 Å². The molecule has 0 radical (unpaired) electrons. The summed E-state index contributed by atoms with van der Waals surface area (Å²) in [6.07, 6.45) is 6.97. The fourth-order valence-electron chi connectivity index (χ4n) is 3.06. The number of aryl methyl sites for hydroxylation is 2. The van der Waals surface area contributed by atoms with E-state index in [1.165, 1.54) is 27.6 Å². The first-order valence-corrected chi connectivity index (χ1v) is 8.66. The Kier molecular flexibility index (Phi) is 5.38. The first-order chi connectivity index (χ1) is 12.2. The third kappa shape index (κ3) is 4.21. The quantitative estimate of drug-likeness (QED) is 0.477. The van der Waals surface area contributed by atoms with Gasteiger partial charge in [-0.05, 0) is 43.0 Å². The zero-order valence-corrected chi connectivity index (χ0v) is 15.1. The summed E-state index contributed by atoms with van der Waals surface area (Å²) in [4.78, 5) is 7.63. The molecule has 0 aliphatic heterocycles. The maximum atomic E-state index is 4.28. The zero-order chi connectivity index (χ0) is 17.6. The largest absolute Gasteiger partial charge is 0.361 e. The molecule has 6 heteroatoms. The van der Waals surface area contributed by atoms with Crippen LogP contribution in [0.4, 0.5) is 0 Å². The SMILES string of the molecule is CN=C(NCCc1c[nH]c2cccc(C)c12)NCCn1cc(C)cn1. The van der Waals surface area contributed by atoms with Gasteiger partial charge in [0.25, 0.3) is 0 Å². The van der Waals surface area contributed by atoms with E-state index in [-0.39, 0.29) is 0 Å². The minimum absolute atomic E-state index is 0.785. The van der Waals surface area contributed by atoms with Crippen molar-refractivity contribution in [3.8, 4) is 0 Å². The Hall–Kier alpha value is -2.76. The third-order valence-corrected chi connectivity index (χ3v) is 4.30. The van der Waals surface area contributed by atoms with Crippen LogP contribution in [0.25, 0.3) is 10.9 Å². The Balaban J connectivity index is 1.48. The number of hydrogen-bond donors (Lipinski definition) is 3. The number of guanidine groups is 1. The van der Waals surface area contributed by atoms with Crippen molar-refractivity contribution in [2.75, 3.05) is 20.1 Å². The number of benzene rings is 1. The van der Waals surface area contributed by atoms with E-state index in [0.717, 1.165) is 32.0 Å². The minimum atomic E-state index is 0.785. The molecule has 3 aromatic rings. The molecule has 0 amide bonds. The Morgan fingerprint density at radius 1 is 1.24 bits per heavy atom. The molecule has 0 aliphatic rings. The number of H-pyrrole nitrogens is 1. The van der Waals surface area contributed by atoms with Gasteiger partial charge in [0, 0.05) is 43.4 Å². The molecule has 0 spiro atoms. The van der Waals surface area contributed by atoms with Gasteiger partial charge in [-0.1, -0.05) is 12.1 Å². The molecule has 0 unspecified atom stereocenters. The number of hydrogen-bond acceptors (Lipinski definition) is 2. The van der Waals surface area contributed by atoms with Crippen molar-refractivity contribution in [3.63, 3.8) is 0 Å². The number of fused-ring (bicyclic) bond motifs is 1. The molecule has 0 aliphatic carbocycles. The van der Waals surface area contributed by atoms with Crippen LogP contribution in [0.15, 0.2) is 41.8 Å². The molecule has 2 heterocycles. The molecular formula is C19H26N6. The molecule has 1 aromatic carbocycles. The first-order valence-electron chi connectivity index (χ1n) is 8.66. The Morgan fingerprint density at radius 2 is 2.08 bits per heavy atom. The standard InChI is InChI=1S/C19H26N6/c1-14-11-24-25(13-14)10-9-22-19(20-3)21-8-7-16-12-23-17-6-4-5-15(2)18(16)17/h4-6,11-13,23H,7-10H2,1-3H3,(H2,20,21,22). The molecule has 6 nitrogen and oxygen atoms in total. The van der Waals surface area contributed by atoms with Gasteiger partial charge in [0.05, 0.1) is 12.7 Å². The van der Waals surface area contributed by atoms with E-state index in [9.17, 15) is 0 Å². The van der Waals surface area contributed by atoms with Crippen molar-refractivity contribution in [1.82, 2.24) is 25.4 Å². The lowest BCUT2D eigenvalue weighted by atomic mass is 10.1. The number of nitrogens with one attached hydrogen (secondary N) is 3. The van der Waals surface area contributed by atoms with Crippen LogP contribution < -0.4 is 10.6 Å². The van der Waals surface area contributed by atoms with E-state index in [2.05, 4.69) is 57.0 Å². The van der Waals surface area contributed by atoms with Crippen molar-refractivity contribution in [1.29, 1.82) is 0 Å². The van der Waals surface area contributed by atoms with Gasteiger partial charge in [-0.3, -0.25) is 9.67 Å². The zero-order valence-electron chi connectivity index (χ0n) is 15.1. The van der Waals surface area contributed by atoms with E-state index < -0.39 is 0 Å². The molecule has 25 heavy (non-hydrogen) atoms. The topological polar surface area (TPSA) is 70.0 Å². The van der Waals surface area contributed by atoms with Gasteiger partial charge in [0.1, 0.15) is 0 Å². The van der Waals surface area contributed by atoms with Crippen LogP contribution in [0, 0.1) is 13.8 Å². The number of aromatic nitrogens is 3. The van der Waals surface area contributed by atoms with Gasteiger partial charge in [-0.2, -0.15) is 5.10 Å². The van der Waals surface area contributed by atoms with Gasteiger partial charge >= 0.3 is 0 Å². The molecule has 132 valence electrons. The van der Waals surface area contributed by atoms with E-state index in [1.807, 2.05) is 24.0 Å². The van der Waals surface area contributed by atoms with Crippen molar-refractivity contribution in [2.45, 2.75) is 26.8 Å². The van der Waals surface area contributed by atoms with Crippen LogP contribution in [0.5, 0.6) is 0 Å². The number of aromatic amines is 1. The maximum absolute atomic E-state index is 4.28. The minimum Gasteiger partial charge on any atom is -0.361 e. The van der Waals surface area contributed by atoms with E-state index in [1.54, 1.807) is 7.05 Å². The fourth-order valence-corrected chi connectivity index (χ4v) is 3.06. The van der Waals surface area contributed by atoms with Crippen molar-refractivity contribution < 1.29 is 0 Å². The van der Waals surface area contributed by atoms with Crippen molar-refractivity contribution in [2.24, 2.45) is 4.99 Å². The molecule has 0 bridgehead atoms. The summed E-state index contributed by atoms with van der Waals surface area (Å²) in [5.74, 6) is 0.820. The van der Waals surface area contributed by atoms with E-state index >= 15 is 0 Å². The lowest BCUT2D eigenvalue weighted by Crippen LogP contribution is -2.39. The second-order valence-electron chi connectivity index (χ2n) is 6.27. The molecule has 3 rings (SSSR count). The predicted octanol–water partition coefficient (Wildman–Crippen LogP) is 2.39. The van der Waals surface area contributed by atoms with Gasteiger partial charge in [0.2, 0.25) is 0 Å². The van der Waals surface area contributed by atoms with Crippen molar-refractivity contribution in [3.05, 3.63) is 53.5 Å². The maximum Gasteiger partial charge on any atom is 0.191 e. The van der Waals surface area contributed by atoms with Gasteiger partial charge in [-0.15, -0.1) is 0 Å². The average molecular weight is 338 g/mol. The fraction of sp³-hybridized carbons (Fsp3) is 0.368. The summed E-state index contributed by atoms with van der Waals surface area (Å²) >= 11 is 0. The van der Waals surface area contributed by atoms with E-state index in [0.29, 0.717) is 0 Å². The van der Waals surface area contributed by atoms with Crippen LogP contribution in [-0.4, -0.2) is 40.9 Å². The lowest BCUT2D eigenvalue weighted by molar-refractivity contribution is 0.597. The van der Waals surface area contributed by atoms with Crippen LogP contribution in [-0.2, 0) is 13.0 Å². The second-order valence-corrected chi connectivity index (χ2v) is 6.27. The molecule has 0 fully saturated rings. The summed E-state index contributed by atoms with van der Waals surface area (Å²) in [5, 5.41) is 12.3. The normalized spacial score (nSPS) is 11.9. The van der Waals surface area contributed by atoms with Crippen LogP contribution in [0.1, 0.15) is 16.7 Å². The molecule has 0 atom stereocenters. The lowest BCUT2D eigenvalue weighted by Gasteiger charge is -2.12. The predicted molar refractivity (Wildman–Crippen MR) is 103 cm³/mol. The molecule has 2 aromatic heterocycles. The highest BCUT2D eigenvalue weighted by Crippen LogP contribution is 2.22. The number of nitrogens with zero attached hydrogens (tertiary/aromatic N) is 3. The molecule has 0 saturated carbocycles. The Labute approximate surface area is 148 Å². The Bertz CT molecular complexity index is 858. The van der Waals surface area contributed by atoms with Gasteiger partial charge < -0.3 is 15.6 Å². The third-order valence-electron chi connectivity index (χ3n) is 4.30. The van der Waals surface area contributed by atoms with E-state index in [4.69, 9.17) is 0 Å². The summed E-state index contributed by atoms with van der Waals surface area (Å²) < 4.78 is 1.93. The smallest absolute Gasteiger partial charge is 0.191 e. The van der Waals surface area contributed by atoms with Crippen LogP contribution >= 0.6 is 0 Å². The highest BCUT2D eigenvalue weighted by Gasteiger charge is 2.06. The Morgan fingerprint density at radius 3 is 2.84 bits per heavy atom. The summed E-state index contributed by atoms with van der Waals surface area (Å²) in [5.41, 5.74) is 5.03. The summed E-state index contributed by atoms with van der Waals surface area (Å²) in [6.45, 7) is 6.64. The molecule has 0 saturated heterocycles. The first kappa shape index (κ1) is 17.1. The monoisotopic (exact) mass is 338 g/mol. The number of rotatable bonds is 6. The summed E-state index contributed by atoms with van der Waals surface area (Å²) in [7, 11) is 1.79. The molecular weight excluding hydrogens is 312 g/mol. The number of aliphatic imine (C=N–C) groups is 1.